The summed E-state index contributed by atoms with van der Waals surface area (Å²) in [5, 5.41) is 3.88. The Bertz CT molecular complexity index is 981. The third-order valence-electron chi connectivity index (χ3n) is 3.33. The van der Waals surface area contributed by atoms with E-state index in [1.165, 1.54) is 28.7 Å². The zero-order valence-corrected chi connectivity index (χ0v) is 16.3. The lowest BCUT2D eigenvalue weighted by molar-refractivity contribution is 0.0531. The number of aryl methyl sites for hydroxylation is 1. The molecule has 1 aromatic carbocycles. The number of hydrogen-bond acceptors (Lipinski definition) is 6. The molecule has 9 heteroatoms. The number of thiophene rings is 1. The Morgan fingerprint density at radius 1 is 1.28 bits per heavy atom. The van der Waals surface area contributed by atoms with Crippen molar-refractivity contribution >= 4 is 72.4 Å². The monoisotopic (exact) mass is 414 g/mol. The summed E-state index contributed by atoms with van der Waals surface area (Å²) in [6.45, 7) is 3.91. The van der Waals surface area contributed by atoms with Gasteiger partial charge in [-0.25, -0.2) is 9.78 Å². The normalized spacial score (nSPS) is 10.9. The Morgan fingerprint density at radius 3 is 2.72 bits per heavy atom. The van der Waals surface area contributed by atoms with Crippen molar-refractivity contribution < 1.29 is 14.3 Å². The number of benzene rings is 1. The number of anilines is 1. The van der Waals surface area contributed by atoms with Crippen LogP contribution in [-0.2, 0) is 4.74 Å². The molecule has 2 heterocycles. The molecule has 5 nitrogen and oxygen atoms in total. The minimum atomic E-state index is -0.392. The Morgan fingerprint density at radius 2 is 2.04 bits per heavy atom. The van der Waals surface area contributed by atoms with Crippen molar-refractivity contribution in [2.24, 2.45) is 0 Å². The van der Waals surface area contributed by atoms with E-state index in [0.29, 0.717) is 31.5 Å². The number of aromatic nitrogens is 1. The van der Waals surface area contributed by atoms with E-state index in [0.717, 1.165) is 10.3 Å². The molecule has 130 valence electrons. The van der Waals surface area contributed by atoms with E-state index < -0.39 is 5.91 Å². The second-order valence-corrected chi connectivity index (χ2v) is 7.85. The van der Waals surface area contributed by atoms with Gasteiger partial charge in [0.15, 0.2) is 5.13 Å². The van der Waals surface area contributed by atoms with Crippen LogP contribution < -0.4 is 5.32 Å². The third-order valence-corrected chi connectivity index (χ3v) is 6.28. The van der Waals surface area contributed by atoms with E-state index >= 15 is 0 Å². The highest BCUT2D eigenvalue weighted by molar-refractivity contribution is 7.30. The van der Waals surface area contributed by atoms with Gasteiger partial charge in [-0.15, -0.1) is 11.3 Å². The maximum Gasteiger partial charge on any atom is 0.348 e. The number of halogens is 2. The number of nitrogens with one attached hydrogen (secondary N) is 1. The molecule has 0 unspecified atom stereocenters. The lowest BCUT2D eigenvalue weighted by Gasteiger charge is -2.04. The number of hydrogen-bond donors (Lipinski definition) is 1. The second kappa shape index (κ2) is 7.29. The summed E-state index contributed by atoms with van der Waals surface area (Å²) in [5.74, 6) is -0.747. The standard InChI is InChI=1S/C16H12Cl2N2O3S2/c1-3-23-15(22)12-7(2)11-14(24-12)20-16(25-11)19-13(21)9-6-8(17)4-5-10(9)18/h4-6H,3H2,1-2H3,(H,19,20,21). The van der Waals surface area contributed by atoms with Gasteiger partial charge in [0.05, 0.1) is 21.9 Å². The van der Waals surface area contributed by atoms with Crippen LogP contribution in [0.2, 0.25) is 10.0 Å². The molecule has 0 aliphatic carbocycles. The van der Waals surface area contributed by atoms with Crippen molar-refractivity contribution in [2.75, 3.05) is 11.9 Å². The zero-order chi connectivity index (χ0) is 18.1. The molecular formula is C16H12Cl2N2O3S2. The summed E-state index contributed by atoms with van der Waals surface area (Å²) < 4.78 is 5.88. The van der Waals surface area contributed by atoms with E-state index in [2.05, 4.69) is 10.3 Å². The topological polar surface area (TPSA) is 68.3 Å². The van der Waals surface area contributed by atoms with Crippen LogP contribution in [0.3, 0.4) is 0 Å². The van der Waals surface area contributed by atoms with Crippen molar-refractivity contribution in [1.29, 1.82) is 0 Å². The van der Waals surface area contributed by atoms with Gasteiger partial charge in [-0.05, 0) is 37.6 Å². The first kappa shape index (κ1) is 18.1. The molecular weight excluding hydrogens is 403 g/mol. The number of ether oxygens (including phenoxy) is 1. The predicted octanol–water partition coefficient (Wildman–Crippen LogP) is 5.40. The lowest BCUT2D eigenvalue weighted by atomic mass is 10.2. The molecule has 1 amide bonds. The van der Waals surface area contributed by atoms with Crippen LogP contribution in [-0.4, -0.2) is 23.5 Å². The molecule has 25 heavy (non-hydrogen) atoms. The van der Waals surface area contributed by atoms with Crippen LogP contribution >= 0.6 is 45.9 Å². The minimum Gasteiger partial charge on any atom is -0.462 e. The number of esters is 1. The van der Waals surface area contributed by atoms with Crippen LogP contribution in [0.5, 0.6) is 0 Å². The fourth-order valence-corrected chi connectivity index (χ4v) is 4.75. The molecule has 2 aromatic heterocycles. The molecule has 3 aromatic rings. The number of fused-ring (bicyclic) bond motifs is 1. The number of rotatable bonds is 4. The number of thiazole rings is 1. The molecule has 0 saturated heterocycles. The molecule has 0 spiro atoms. The molecule has 0 fully saturated rings. The van der Waals surface area contributed by atoms with Gasteiger partial charge in [-0.1, -0.05) is 34.5 Å². The molecule has 0 aliphatic heterocycles. The first-order valence-corrected chi connectivity index (χ1v) is 9.63. The van der Waals surface area contributed by atoms with E-state index in [9.17, 15) is 9.59 Å². The van der Waals surface area contributed by atoms with Gasteiger partial charge in [-0.3, -0.25) is 10.1 Å². The molecule has 0 atom stereocenters. The minimum absolute atomic E-state index is 0.275. The van der Waals surface area contributed by atoms with Gasteiger partial charge in [0, 0.05) is 5.02 Å². The maximum absolute atomic E-state index is 12.4. The fraction of sp³-hybridized carbons (Fsp3) is 0.188. The highest BCUT2D eigenvalue weighted by Gasteiger charge is 2.21. The third kappa shape index (κ3) is 3.64. The van der Waals surface area contributed by atoms with E-state index in [1.54, 1.807) is 19.1 Å². The summed E-state index contributed by atoms with van der Waals surface area (Å²) in [6.07, 6.45) is 0. The van der Waals surface area contributed by atoms with Gasteiger partial charge in [0.25, 0.3) is 5.91 Å². The van der Waals surface area contributed by atoms with E-state index in [1.807, 2.05) is 6.92 Å². The average molecular weight is 415 g/mol. The van der Waals surface area contributed by atoms with Gasteiger partial charge in [0.2, 0.25) is 0 Å². The average Bonchev–Trinajstić information content (AvgIpc) is 3.09. The van der Waals surface area contributed by atoms with Crippen LogP contribution in [0.4, 0.5) is 5.13 Å². The van der Waals surface area contributed by atoms with Gasteiger partial charge in [-0.2, -0.15) is 0 Å². The van der Waals surface area contributed by atoms with Crippen LogP contribution in [0.25, 0.3) is 9.53 Å². The Labute approximate surface area is 161 Å². The largest absolute Gasteiger partial charge is 0.462 e. The van der Waals surface area contributed by atoms with Gasteiger partial charge >= 0.3 is 5.97 Å². The summed E-state index contributed by atoms with van der Waals surface area (Å²) >= 11 is 14.5. The van der Waals surface area contributed by atoms with E-state index in [-0.39, 0.29) is 11.5 Å². The molecule has 0 radical (unpaired) electrons. The van der Waals surface area contributed by atoms with Crippen molar-refractivity contribution in [3.8, 4) is 0 Å². The summed E-state index contributed by atoms with van der Waals surface area (Å²) in [5.41, 5.74) is 1.08. The number of amides is 1. The quantitative estimate of drug-likeness (QED) is 0.579. The highest BCUT2D eigenvalue weighted by atomic mass is 35.5. The zero-order valence-electron chi connectivity index (χ0n) is 13.2. The summed E-state index contributed by atoms with van der Waals surface area (Å²) in [4.78, 5) is 29.9. The summed E-state index contributed by atoms with van der Waals surface area (Å²) in [7, 11) is 0. The Hall–Kier alpha value is -1.67. The van der Waals surface area contributed by atoms with Crippen molar-refractivity contribution in [3.63, 3.8) is 0 Å². The van der Waals surface area contributed by atoms with Crippen molar-refractivity contribution in [2.45, 2.75) is 13.8 Å². The van der Waals surface area contributed by atoms with Crippen molar-refractivity contribution in [1.82, 2.24) is 4.98 Å². The van der Waals surface area contributed by atoms with Gasteiger partial charge < -0.3 is 4.74 Å². The molecule has 3 rings (SSSR count). The smallest absolute Gasteiger partial charge is 0.348 e. The molecule has 0 bridgehead atoms. The first-order chi connectivity index (χ1) is 11.9. The van der Waals surface area contributed by atoms with Gasteiger partial charge in [0.1, 0.15) is 9.71 Å². The van der Waals surface area contributed by atoms with Crippen LogP contribution in [0, 0.1) is 6.92 Å². The number of nitrogens with zero attached hydrogens (tertiary/aromatic N) is 1. The Kier molecular flexibility index (Phi) is 5.29. The molecule has 0 saturated carbocycles. The fourth-order valence-electron chi connectivity index (χ4n) is 2.17. The van der Waals surface area contributed by atoms with E-state index in [4.69, 9.17) is 27.9 Å². The molecule has 1 N–H and O–H groups in total. The number of carbonyl (C=O) groups is 2. The number of carbonyl (C=O) groups excluding carboxylic acids is 2. The molecule has 0 aliphatic rings. The second-order valence-electron chi connectivity index (χ2n) is 5.01. The van der Waals surface area contributed by atoms with Crippen molar-refractivity contribution in [3.05, 3.63) is 44.2 Å². The Balaban J connectivity index is 1.86. The van der Waals surface area contributed by atoms with Crippen LogP contribution in [0.15, 0.2) is 18.2 Å². The van der Waals surface area contributed by atoms with Crippen LogP contribution in [0.1, 0.15) is 32.5 Å². The predicted molar refractivity (Wildman–Crippen MR) is 103 cm³/mol. The first-order valence-electron chi connectivity index (χ1n) is 7.24. The lowest BCUT2D eigenvalue weighted by Crippen LogP contribution is -2.12. The SMILES string of the molecule is CCOC(=O)c1sc2nc(NC(=O)c3cc(Cl)ccc3Cl)sc2c1C. The summed E-state index contributed by atoms with van der Waals surface area (Å²) in [6, 6.07) is 4.68. The highest BCUT2D eigenvalue weighted by Crippen LogP contribution is 2.37. The maximum atomic E-state index is 12.4.